The minimum atomic E-state index is -1.38. The Morgan fingerprint density at radius 2 is 1.71 bits per heavy atom. The maximum absolute atomic E-state index is 12.4. The number of carbonyl (C=O) groups is 2. The molecular weight excluding hydrogens is 266 g/mol. The highest BCUT2D eigenvalue weighted by Gasteiger charge is 2.42. The Hall–Kier alpha value is -2.46. The van der Waals surface area contributed by atoms with E-state index in [0.717, 1.165) is 5.69 Å². The van der Waals surface area contributed by atoms with E-state index in [1.54, 1.807) is 54.4 Å². The second-order valence-electron chi connectivity index (χ2n) is 5.11. The van der Waals surface area contributed by atoms with Crippen molar-refractivity contribution in [1.29, 1.82) is 0 Å². The predicted octanol–water partition coefficient (Wildman–Crippen LogP) is 1.93. The molecule has 0 bridgehead atoms. The minimum absolute atomic E-state index is 0.218. The van der Waals surface area contributed by atoms with Crippen LogP contribution in [0.25, 0.3) is 0 Å². The molecule has 2 aromatic rings. The first-order valence-electron chi connectivity index (χ1n) is 6.74. The Morgan fingerprint density at radius 3 is 2.38 bits per heavy atom. The second-order valence-corrected chi connectivity index (χ2v) is 5.11. The van der Waals surface area contributed by atoms with E-state index >= 15 is 0 Å². The third kappa shape index (κ3) is 2.14. The highest BCUT2D eigenvalue weighted by molar-refractivity contribution is 6.15. The normalized spacial score (nSPS) is 18.5. The summed E-state index contributed by atoms with van der Waals surface area (Å²) in [6.45, 7) is 0. The SMILES string of the molecule is CN1c2ccccc2C(=O)C1C(O)C(=O)c1ccccc1. The highest BCUT2D eigenvalue weighted by Crippen LogP contribution is 2.32. The third-order valence-corrected chi connectivity index (χ3v) is 3.86. The molecule has 1 aliphatic rings. The van der Waals surface area contributed by atoms with Gasteiger partial charge >= 0.3 is 0 Å². The molecule has 1 N–H and O–H groups in total. The van der Waals surface area contributed by atoms with Gasteiger partial charge in [-0.15, -0.1) is 0 Å². The minimum Gasteiger partial charge on any atom is -0.382 e. The number of nitrogens with zero attached hydrogens (tertiary/aromatic N) is 1. The molecule has 0 radical (unpaired) electrons. The number of aliphatic hydroxyl groups excluding tert-OH is 1. The summed E-state index contributed by atoms with van der Waals surface area (Å²) >= 11 is 0. The smallest absolute Gasteiger partial charge is 0.193 e. The number of anilines is 1. The van der Waals surface area contributed by atoms with Crippen LogP contribution in [0.1, 0.15) is 20.7 Å². The van der Waals surface area contributed by atoms with Crippen molar-refractivity contribution in [2.45, 2.75) is 12.1 Å². The number of Topliss-reactive ketones (excluding diaryl/α,β-unsaturated/α-hetero) is 2. The van der Waals surface area contributed by atoms with Gasteiger partial charge in [0.2, 0.25) is 0 Å². The second kappa shape index (κ2) is 5.14. The molecule has 106 valence electrons. The largest absolute Gasteiger partial charge is 0.382 e. The highest BCUT2D eigenvalue weighted by atomic mass is 16.3. The number of rotatable bonds is 3. The molecule has 21 heavy (non-hydrogen) atoms. The van der Waals surface area contributed by atoms with Crippen molar-refractivity contribution in [1.82, 2.24) is 0 Å². The zero-order valence-corrected chi connectivity index (χ0v) is 11.6. The Morgan fingerprint density at radius 1 is 1.10 bits per heavy atom. The van der Waals surface area contributed by atoms with Crippen molar-refractivity contribution in [3.05, 3.63) is 65.7 Å². The zero-order valence-electron chi connectivity index (χ0n) is 11.6. The molecule has 3 rings (SSSR count). The number of ketones is 2. The summed E-state index contributed by atoms with van der Waals surface area (Å²) in [7, 11) is 1.72. The van der Waals surface area contributed by atoms with Crippen molar-refractivity contribution in [3.63, 3.8) is 0 Å². The molecule has 0 aliphatic carbocycles. The van der Waals surface area contributed by atoms with Crippen molar-refractivity contribution < 1.29 is 14.7 Å². The summed E-state index contributed by atoms with van der Waals surface area (Å²) in [4.78, 5) is 26.4. The summed E-state index contributed by atoms with van der Waals surface area (Å²) in [6, 6.07) is 14.8. The standard InChI is InChI=1S/C17H15NO3/c1-18-13-10-6-5-9-12(13)16(20)14(18)17(21)15(19)11-7-3-2-4-8-11/h2-10,14,17,21H,1H3. The number of likely N-dealkylation sites (N-methyl/N-ethyl adjacent to an activating group) is 1. The van der Waals surface area contributed by atoms with Gasteiger partial charge in [-0.25, -0.2) is 0 Å². The molecule has 4 heteroatoms. The monoisotopic (exact) mass is 281 g/mol. The van der Waals surface area contributed by atoms with Crippen LogP contribution in [0.2, 0.25) is 0 Å². The van der Waals surface area contributed by atoms with Crippen LogP contribution in [-0.2, 0) is 0 Å². The first-order chi connectivity index (χ1) is 10.1. The van der Waals surface area contributed by atoms with Gasteiger partial charge in [0.25, 0.3) is 0 Å². The van der Waals surface area contributed by atoms with E-state index in [1.165, 1.54) is 0 Å². The van der Waals surface area contributed by atoms with Crippen molar-refractivity contribution >= 4 is 17.3 Å². The molecule has 0 saturated carbocycles. The molecule has 0 spiro atoms. The number of hydrogen-bond acceptors (Lipinski definition) is 4. The van der Waals surface area contributed by atoms with Crippen LogP contribution in [0.4, 0.5) is 5.69 Å². The first kappa shape index (κ1) is 13.5. The van der Waals surface area contributed by atoms with Crippen molar-refractivity contribution in [2.24, 2.45) is 0 Å². The topological polar surface area (TPSA) is 57.6 Å². The molecule has 0 saturated heterocycles. The van der Waals surface area contributed by atoms with E-state index in [0.29, 0.717) is 11.1 Å². The number of hydrogen-bond donors (Lipinski definition) is 1. The molecule has 2 atom stereocenters. The zero-order chi connectivity index (χ0) is 15.0. The maximum Gasteiger partial charge on any atom is 0.193 e. The number of carbonyl (C=O) groups excluding carboxylic acids is 2. The lowest BCUT2D eigenvalue weighted by molar-refractivity contribution is 0.0641. The van der Waals surface area contributed by atoms with Gasteiger partial charge in [0.15, 0.2) is 11.6 Å². The van der Waals surface area contributed by atoms with Crippen LogP contribution < -0.4 is 4.90 Å². The van der Waals surface area contributed by atoms with E-state index in [9.17, 15) is 14.7 Å². The number of para-hydroxylation sites is 1. The van der Waals surface area contributed by atoms with Gasteiger partial charge in [-0.1, -0.05) is 42.5 Å². The van der Waals surface area contributed by atoms with Gasteiger partial charge in [-0.3, -0.25) is 9.59 Å². The van der Waals surface area contributed by atoms with E-state index in [-0.39, 0.29) is 5.78 Å². The molecule has 0 amide bonds. The molecule has 0 fully saturated rings. The fourth-order valence-corrected chi connectivity index (χ4v) is 2.75. The molecule has 2 aromatic carbocycles. The van der Waals surface area contributed by atoms with E-state index in [4.69, 9.17) is 0 Å². The van der Waals surface area contributed by atoms with Gasteiger partial charge in [0.05, 0.1) is 0 Å². The maximum atomic E-state index is 12.4. The fraction of sp³-hybridized carbons (Fsp3) is 0.176. The predicted molar refractivity (Wildman–Crippen MR) is 79.7 cm³/mol. The summed E-state index contributed by atoms with van der Waals surface area (Å²) in [6.07, 6.45) is -1.38. The molecular formula is C17H15NO3. The summed E-state index contributed by atoms with van der Waals surface area (Å²) < 4.78 is 0. The van der Waals surface area contributed by atoms with Gasteiger partial charge < -0.3 is 10.0 Å². The summed E-state index contributed by atoms with van der Waals surface area (Å²) in [5, 5.41) is 10.4. The summed E-state index contributed by atoms with van der Waals surface area (Å²) in [5.41, 5.74) is 1.69. The fourth-order valence-electron chi connectivity index (χ4n) is 2.75. The van der Waals surface area contributed by atoms with Crippen molar-refractivity contribution in [2.75, 3.05) is 11.9 Å². The summed E-state index contributed by atoms with van der Waals surface area (Å²) in [5.74, 6) is -0.654. The number of aliphatic hydroxyl groups is 1. The number of benzene rings is 2. The Bertz CT molecular complexity index is 696. The van der Waals surface area contributed by atoms with Crippen LogP contribution >= 0.6 is 0 Å². The van der Waals surface area contributed by atoms with Gasteiger partial charge in [0.1, 0.15) is 12.1 Å². The molecule has 2 unspecified atom stereocenters. The average Bonchev–Trinajstić information content (AvgIpc) is 2.79. The van der Waals surface area contributed by atoms with Gasteiger partial charge in [0, 0.05) is 23.9 Å². The van der Waals surface area contributed by atoms with E-state index in [1.807, 2.05) is 12.1 Å². The van der Waals surface area contributed by atoms with Gasteiger partial charge in [-0.05, 0) is 12.1 Å². The Labute approximate surface area is 122 Å². The van der Waals surface area contributed by atoms with Crippen LogP contribution in [0.3, 0.4) is 0 Å². The van der Waals surface area contributed by atoms with E-state index in [2.05, 4.69) is 0 Å². The number of fused-ring (bicyclic) bond motifs is 1. The quantitative estimate of drug-likeness (QED) is 0.873. The third-order valence-electron chi connectivity index (χ3n) is 3.86. The van der Waals surface area contributed by atoms with Crippen LogP contribution in [-0.4, -0.2) is 35.9 Å². The first-order valence-corrected chi connectivity index (χ1v) is 6.74. The van der Waals surface area contributed by atoms with E-state index < -0.39 is 17.9 Å². The Balaban J connectivity index is 1.92. The lowest BCUT2D eigenvalue weighted by Crippen LogP contribution is -2.46. The molecule has 1 heterocycles. The molecule has 4 nitrogen and oxygen atoms in total. The van der Waals surface area contributed by atoms with Crippen LogP contribution in [0.15, 0.2) is 54.6 Å². The lowest BCUT2D eigenvalue weighted by Gasteiger charge is -2.25. The Kier molecular flexibility index (Phi) is 3.31. The molecule has 0 aromatic heterocycles. The average molecular weight is 281 g/mol. The van der Waals surface area contributed by atoms with Gasteiger partial charge in [-0.2, -0.15) is 0 Å². The van der Waals surface area contributed by atoms with Crippen LogP contribution in [0.5, 0.6) is 0 Å². The lowest BCUT2D eigenvalue weighted by atomic mass is 9.97. The van der Waals surface area contributed by atoms with Crippen molar-refractivity contribution in [3.8, 4) is 0 Å². The molecule has 1 aliphatic heterocycles. The van der Waals surface area contributed by atoms with Crippen LogP contribution in [0, 0.1) is 0 Å².